The molecule has 3 N–H and O–H groups in total. The van der Waals surface area contributed by atoms with Crippen molar-refractivity contribution in [2.45, 2.75) is 32.7 Å². The Morgan fingerprint density at radius 1 is 1.33 bits per heavy atom. The minimum Gasteiger partial charge on any atom is -0.406 e. The molecule has 4 nitrogen and oxygen atoms in total. The van der Waals surface area contributed by atoms with Crippen molar-refractivity contribution < 1.29 is 22.7 Å². The normalized spacial score (nSPS) is 13.1. The summed E-state index contributed by atoms with van der Waals surface area (Å²) in [5.41, 5.74) is 6.04. The first-order valence-corrected chi connectivity index (χ1v) is 6.57. The van der Waals surface area contributed by atoms with E-state index in [2.05, 4.69) is 10.1 Å². The Kier molecular flexibility index (Phi) is 6.02. The Bertz CT molecular complexity index is 476. The molecule has 1 aromatic carbocycles. The molecule has 0 heterocycles. The molecule has 0 aliphatic rings. The predicted molar refractivity (Wildman–Crippen MR) is 72.7 cm³/mol. The van der Waals surface area contributed by atoms with E-state index in [1.165, 1.54) is 18.2 Å². The molecule has 21 heavy (non-hydrogen) atoms. The fourth-order valence-corrected chi connectivity index (χ4v) is 1.68. The zero-order chi connectivity index (χ0) is 16.0. The summed E-state index contributed by atoms with van der Waals surface area (Å²) in [5, 5.41) is 2.60. The summed E-state index contributed by atoms with van der Waals surface area (Å²) in [6.07, 6.45) is -4.51. The number of para-hydroxylation sites is 1. The average Bonchev–Trinajstić information content (AvgIpc) is 2.37. The summed E-state index contributed by atoms with van der Waals surface area (Å²) < 4.78 is 40.7. The van der Waals surface area contributed by atoms with Gasteiger partial charge in [-0.15, -0.1) is 13.2 Å². The van der Waals surface area contributed by atoms with Crippen LogP contribution in [0.5, 0.6) is 5.75 Å². The number of halogens is 3. The van der Waals surface area contributed by atoms with Crippen LogP contribution in [0.15, 0.2) is 24.3 Å². The van der Waals surface area contributed by atoms with Crippen LogP contribution in [0.1, 0.15) is 19.4 Å². The van der Waals surface area contributed by atoms with Crippen molar-refractivity contribution in [1.29, 1.82) is 0 Å². The van der Waals surface area contributed by atoms with Gasteiger partial charge in [0.2, 0.25) is 5.91 Å². The molecule has 0 aliphatic carbocycles. The van der Waals surface area contributed by atoms with Crippen LogP contribution >= 0.6 is 0 Å². The number of alkyl halides is 3. The number of hydrogen-bond donors (Lipinski definition) is 2. The molecular weight excluding hydrogens is 285 g/mol. The molecule has 0 aromatic heterocycles. The van der Waals surface area contributed by atoms with E-state index in [0.29, 0.717) is 5.56 Å². The third-order valence-corrected chi connectivity index (χ3v) is 2.91. The zero-order valence-corrected chi connectivity index (χ0v) is 11.9. The lowest BCUT2D eigenvalue weighted by Gasteiger charge is -2.16. The Hall–Kier alpha value is -1.76. The number of ether oxygens (including phenoxy) is 1. The van der Waals surface area contributed by atoms with Gasteiger partial charge in [0, 0.05) is 6.54 Å². The SMILES string of the molecule is CC(C)[C@H](N)C(=O)NCCc1ccccc1OC(F)(F)F. The van der Waals surface area contributed by atoms with Crippen molar-refractivity contribution in [2.24, 2.45) is 11.7 Å². The molecule has 1 amide bonds. The van der Waals surface area contributed by atoms with Gasteiger partial charge in [0.25, 0.3) is 0 Å². The number of nitrogens with two attached hydrogens (primary N) is 1. The van der Waals surface area contributed by atoms with Crippen LogP contribution in [0.2, 0.25) is 0 Å². The van der Waals surface area contributed by atoms with E-state index in [9.17, 15) is 18.0 Å². The molecule has 0 saturated heterocycles. The highest BCUT2D eigenvalue weighted by molar-refractivity contribution is 5.81. The second-order valence-corrected chi connectivity index (χ2v) is 4.97. The quantitative estimate of drug-likeness (QED) is 0.847. The highest BCUT2D eigenvalue weighted by Gasteiger charge is 2.31. The van der Waals surface area contributed by atoms with E-state index < -0.39 is 12.4 Å². The summed E-state index contributed by atoms with van der Waals surface area (Å²) in [5.74, 6) is -0.586. The Morgan fingerprint density at radius 2 is 1.95 bits per heavy atom. The Balaban J connectivity index is 2.58. The first-order chi connectivity index (χ1) is 9.70. The molecule has 1 rings (SSSR count). The predicted octanol–water partition coefficient (Wildman–Crippen LogP) is 2.23. The van der Waals surface area contributed by atoms with Crippen molar-refractivity contribution in [2.75, 3.05) is 6.54 Å². The maximum absolute atomic E-state index is 12.3. The summed E-state index contributed by atoms with van der Waals surface area (Å²) in [6.45, 7) is 3.82. The van der Waals surface area contributed by atoms with Crippen molar-refractivity contribution in [3.63, 3.8) is 0 Å². The topological polar surface area (TPSA) is 64.4 Å². The van der Waals surface area contributed by atoms with Crippen LogP contribution in [0.3, 0.4) is 0 Å². The fraction of sp³-hybridized carbons (Fsp3) is 0.500. The molecule has 0 spiro atoms. The van der Waals surface area contributed by atoms with E-state index >= 15 is 0 Å². The van der Waals surface area contributed by atoms with Crippen molar-refractivity contribution in [3.8, 4) is 5.75 Å². The monoisotopic (exact) mass is 304 g/mol. The smallest absolute Gasteiger partial charge is 0.406 e. The average molecular weight is 304 g/mol. The van der Waals surface area contributed by atoms with Gasteiger partial charge in [-0.25, -0.2) is 0 Å². The van der Waals surface area contributed by atoms with Gasteiger partial charge in [0.05, 0.1) is 6.04 Å². The van der Waals surface area contributed by atoms with Crippen LogP contribution < -0.4 is 15.8 Å². The van der Waals surface area contributed by atoms with Gasteiger partial charge >= 0.3 is 6.36 Å². The molecule has 0 radical (unpaired) electrons. The van der Waals surface area contributed by atoms with E-state index in [0.717, 1.165) is 0 Å². The van der Waals surface area contributed by atoms with E-state index in [4.69, 9.17) is 5.73 Å². The third kappa shape index (κ3) is 6.03. The highest BCUT2D eigenvalue weighted by atomic mass is 19.4. The maximum Gasteiger partial charge on any atom is 0.573 e. The summed E-state index contributed by atoms with van der Waals surface area (Å²) in [7, 11) is 0. The first-order valence-electron chi connectivity index (χ1n) is 6.57. The standard InChI is InChI=1S/C14H19F3N2O2/c1-9(2)12(18)13(20)19-8-7-10-5-3-4-6-11(10)21-14(15,16)17/h3-6,9,12H,7-8,18H2,1-2H3,(H,19,20)/t12-/m0/s1. The molecule has 0 unspecified atom stereocenters. The van der Waals surface area contributed by atoms with Gasteiger partial charge < -0.3 is 15.8 Å². The van der Waals surface area contributed by atoms with Gasteiger partial charge in [-0.1, -0.05) is 32.0 Å². The van der Waals surface area contributed by atoms with Gasteiger partial charge in [-0.05, 0) is 24.0 Å². The molecule has 1 atom stereocenters. The lowest BCUT2D eigenvalue weighted by Crippen LogP contribution is -2.44. The van der Waals surface area contributed by atoms with E-state index in [1.54, 1.807) is 6.07 Å². The van der Waals surface area contributed by atoms with Crippen LogP contribution in [0.25, 0.3) is 0 Å². The third-order valence-electron chi connectivity index (χ3n) is 2.91. The minimum atomic E-state index is -4.74. The molecular formula is C14H19F3N2O2. The number of benzene rings is 1. The summed E-state index contributed by atoms with van der Waals surface area (Å²) in [4.78, 5) is 11.6. The van der Waals surface area contributed by atoms with Gasteiger partial charge in [-0.3, -0.25) is 4.79 Å². The lowest BCUT2D eigenvalue weighted by molar-refractivity contribution is -0.274. The molecule has 0 aliphatic heterocycles. The number of carbonyl (C=O) groups is 1. The molecule has 1 aromatic rings. The molecule has 7 heteroatoms. The second kappa shape index (κ2) is 7.31. The molecule has 0 bridgehead atoms. The van der Waals surface area contributed by atoms with Crippen molar-refractivity contribution in [1.82, 2.24) is 5.32 Å². The first kappa shape index (κ1) is 17.3. The lowest BCUT2D eigenvalue weighted by atomic mass is 10.0. The zero-order valence-electron chi connectivity index (χ0n) is 11.9. The van der Waals surface area contributed by atoms with Gasteiger partial charge in [-0.2, -0.15) is 0 Å². The van der Waals surface area contributed by atoms with Gasteiger partial charge in [0.1, 0.15) is 5.75 Å². The number of carbonyl (C=O) groups excluding carboxylic acids is 1. The fourth-order valence-electron chi connectivity index (χ4n) is 1.68. The Labute approximate surface area is 121 Å². The number of nitrogens with one attached hydrogen (secondary N) is 1. The molecule has 0 saturated carbocycles. The highest BCUT2D eigenvalue weighted by Crippen LogP contribution is 2.26. The summed E-state index contributed by atoms with van der Waals surface area (Å²) >= 11 is 0. The van der Waals surface area contributed by atoms with Gasteiger partial charge in [0.15, 0.2) is 0 Å². The Morgan fingerprint density at radius 3 is 2.52 bits per heavy atom. The molecule has 118 valence electrons. The minimum absolute atomic E-state index is 0.00847. The van der Waals surface area contributed by atoms with Crippen LogP contribution in [0, 0.1) is 5.92 Å². The molecule has 0 fully saturated rings. The van der Waals surface area contributed by atoms with E-state index in [-0.39, 0.29) is 30.5 Å². The number of amides is 1. The van der Waals surface area contributed by atoms with Crippen LogP contribution in [0.4, 0.5) is 13.2 Å². The van der Waals surface area contributed by atoms with Crippen LogP contribution in [-0.4, -0.2) is 24.9 Å². The van der Waals surface area contributed by atoms with Crippen molar-refractivity contribution in [3.05, 3.63) is 29.8 Å². The van der Waals surface area contributed by atoms with Crippen LogP contribution in [-0.2, 0) is 11.2 Å². The second-order valence-electron chi connectivity index (χ2n) is 4.97. The largest absolute Gasteiger partial charge is 0.573 e. The number of hydrogen-bond acceptors (Lipinski definition) is 3. The van der Waals surface area contributed by atoms with Crippen molar-refractivity contribution >= 4 is 5.91 Å². The summed E-state index contributed by atoms with van der Waals surface area (Å²) in [6, 6.07) is 5.20. The van der Waals surface area contributed by atoms with E-state index in [1.807, 2.05) is 13.8 Å². The number of rotatable bonds is 6. The maximum atomic E-state index is 12.3.